The van der Waals surface area contributed by atoms with Crippen LogP contribution in [0, 0.1) is 11.8 Å². The van der Waals surface area contributed by atoms with Gasteiger partial charge in [0.25, 0.3) is 0 Å². The van der Waals surface area contributed by atoms with Crippen LogP contribution >= 0.6 is 0 Å². The van der Waals surface area contributed by atoms with E-state index in [1.54, 1.807) is 6.92 Å². The van der Waals surface area contributed by atoms with E-state index in [4.69, 9.17) is 10.2 Å². The summed E-state index contributed by atoms with van der Waals surface area (Å²) >= 11 is 0. The van der Waals surface area contributed by atoms with Crippen molar-refractivity contribution in [3.63, 3.8) is 0 Å². The molecule has 0 saturated heterocycles. The van der Waals surface area contributed by atoms with Crippen LogP contribution in [0.4, 0.5) is 0 Å². The molecule has 0 aliphatic carbocycles. The maximum absolute atomic E-state index is 11.2. The van der Waals surface area contributed by atoms with Crippen LogP contribution in [0.3, 0.4) is 0 Å². The van der Waals surface area contributed by atoms with Crippen molar-refractivity contribution in [2.24, 2.45) is 11.8 Å². The Morgan fingerprint density at radius 1 is 0.750 bits per heavy atom. The number of rotatable bonds is 13. The molecule has 4 nitrogen and oxygen atoms in total. The summed E-state index contributed by atoms with van der Waals surface area (Å²) in [6.45, 7) is 3.93. The van der Waals surface area contributed by atoms with Crippen molar-refractivity contribution in [3.8, 4) is 0 Å². The molecule has 4 heteroatoms. The Kier molecular flexibility index (Phi) is 11.1. The van der Waals surface area contributed by atoms with Gasteiger partial charge in [0, 0.05) is 0 Å². The normalized spacial score (nSPS) is 13.9. The van der Waals surface area contributed by atoms with Gasteiger partial charge in [0.1, 0.15) is 0 Å². The molecule has 0 spiro atoms. The van der Waals surface area contributed by atoms with Crippen molar-refractivity contribution in [2.75, 3.05) is 0 Å². The molecule has 2 N–H and O–H groups in total. The van der Waals surface area contributed by atoms with Gasteiger partial charge in [-0.15, -0.1) is 0 Å². The highest BCUT2D eigenvalue weighted by atomic mass is 16.4. The first-order valence-electron chi connectivity index (χ1n) is 8.00. The van der Waals surface area contributed by atoms with Gasteiger partial charge in [0.05, 0.1) is 11.8 Å². The second-order valence-corrected chi connectivity index (χ2v) is 5.56. The summed E-state index contributed by atoms with van der Waals surface area (Å²) in [4.78, 5) is 22.2. The van der Waals surface area contributed by atoms with Crippen molar-refractivity contribution in [2.45, 2.75) is 78.1 Å². The summed E-state index contributed by atoms with van der Waals surface area (Å²) in [6, 6.07) is 0. The number of unbranched alkanes of at least 4 members (excludes halogenated alkanes) is 7. The van der Waals surface area contributed by atoms with E-state index in [1.807, 2.05) is 0 Å². The van der Waals surface area contributed by atoms with E-state index in [-0.39, 0.29) is 0 Å². The van der Waals surface area contributed by atoms with Crippen LogP contribution in [0.25, 0.3) is 0 Å². The van der Waals surface area contributed by atoms with Crippen molar-refractivity contribution in [1.29, 1.82) is 0 Å². The van der Waals surface area contributed by atoms with Gasteiger partial charge in [-0.1, -0.05) is 65.2 Å². The first-order chi connectivity index (χ1) is 9.54. The largest absolute Gasteiger partial charge is 0.481 e. The van der Waals surface area contributed by atoms with E-state index in [2.05, 4.69) is 6.92 Å². The molecule has 0 aromatic heterocycles. The molecule has 0 amide bonds. The zero-order valence-corrected chi connectivity index (χ0v) is 12.9. The maximum atomic E-state index is 11.2. The van der Waals surface area contributed by atoms with Crippen molar-refractivity contribution in [1.82, 2.24) is 0 Å². The number of aliphatic carboxylic acids is 2. The molecule has 0 bridgehead atoms. The van der Waals surface area contributed by atoms with Crippen LogP contribution in [0.2, 0.25) is 0 Å². The van der Waals surface area contributed by atoms with E-state index >= 15 is 0 Å². The van der Waals surface area contributed by atoms with Crippen LogP contribution in [0.15, 0.2) is 0 Å². The highest BCUT2D eigenvalue weighted by Crippen LogP contribution is 2.23. The molecule has 20 heavy (non-hydrogen) atoms. The van der Waals surface area contributed by atoms with Gasteiger partial charge in [-0.2, -0.15) is 0 Å². The zero-order chi connectivity index (χ0) is 15.4. The molecule has 2 atom stereocenters. The number of carbonyl (C=O) groups is 2. The van der Waals surface area contributed by atoms with Gasteiger partial charge in [0.2, 0.25) is 0 Å². The minimum Gasteiger partial charge on any atom is -0.481 e. The third-order valence-corrected chi connectivity index (χ3v) is 3.93. The molecule has 0 rings (SSSR count). The summed E-state index contributed by atoms with van der Waals surface area (Å²) in [6.07, 6.45) is 10.1. The van der Waals surface area contributed by atoms with Gasteiger partial charge in [-0.25, -0.2) is 0 Å². The van der Waals surface area contributed by atoms with Gasteiger partial charge < -0.3 is 10.2 Å². The molecular formula is C16H30O4. The zero-order valence-electron chi connectivity index (χ0n) is 12.9. The molecular weight excluding hydrogens is 256 g/mol. The van der Waals surface area contributed by atoms with Gasteiger partial charge in [-0.3, -0.25) is 9.59 Å². The number of carboxylic acid groups (broad SMARTS) is 2. The highest BCUT2D eigenvalue weighted by molar-refractivity contribution is 5.79. The summed E-state index contributed by atoms with van der Waals surface area (Å²) < 4.78 is 0. The molecule has 0 saturated carbocycles. The lowest BCUT2D eigenvalue weighted by Crippen LogP contribution is -2.29. The Balaban J connectivity index is 3.87. The smallest absolute Gasteiger partial charge is 0.307 e. The van der Waals surface area contributed by atoms with E-state index < -0.39 is 23.8 Å². The number of carboxylic acids is 2. The first-order valence-corrected chi connectivity index (χ1v) is 8.00. The Morgan fingerprint density at radius 3 is 1.60 bits per heavy atom. The summed E-state index contributed by atoms with van der Waals surface area (Å²) in [5.74, 6) is -3.45. The summed E-state index contributed by atoms with van der Waals surface area (Å²) in [5, 5.41) is 18.2. The maximum Gasteiger partial charge on any atom is 0.307 e. The second kappa shape index (κ2) is 11.7. The predicted octanol–water partition coefficient (Wildman–Crippen LogP) is 4.33. The Bertz CT molecular complexity index is 276. The fraction of sp³-hybridized carbons (Fsp3) is 0.875. The Labute approximate surface area is 122 Å². The minimum atomic E-state index is -0.987. The van der Waals surface area contributed by atoms with E-state index in [0.29, 0.717) is 12.8 Å². The van der Waals surface area contributed by atoms with Crippen LogP contribution in [-0.2, 0) is 9.59 Å². The lowest BCUT2D eigenvalue weighted by atomic mass is 9.86. The van der Waals surface area contributed by atoms with Crippen molar-refractivity contribution >= 4 is 11.9 Å². The SMILES string of the molecule is CCCCCCCCCCC(C(=O)O)C(CC)C(=O)O. The third kappa shape index (κ3) is 8.18. The summed E-state index contributed by atoms with van der Waals surface area (Å²) in [7, 11) is 0. The Hall–Kier alpha value is -1.06. The van der Waals surface area contributed by atoms with E-state index in [1.165, 1.54) is 32.1 Å². The molecule has 0 aliphatic heterocycles. The molecule has 0 aromatic carbocycles. The fourth-order valence-corrected chi connectivity index (χ4v) is 2.63. The van der Waals surface area contributed by atoms with E-state index in [9.17, 15) is 9.59 Å². The molecule has 0 aromatic rings. The topological polar surface area (TPSA) is 74.6 Å². The second-order valence-electron chi connectivity index (χ2n) is 5.56. The average molecular weight is 286 g/mol. The standard InChI is InChI=1S/C16H30O4/c1-3-5-6-7-8-9-10-11-12-14(16(19)20)13(4-2)15(17)18/h13-14H,3-12H2,1-2H3,(H,17,18)(H,19,20). The fourth-order valence-electron chi connectivity index (χ4n) is 2.63. The van der Waals surface area contributed by atoms with Gasteiger partial charge >= 0.3 is 11.9 Å². The lowest BCUT2D eigenvalue weighted by molar-refractivity contribution is -0.154. The van der Waals surface area contributed by atoms with E-state index in [0.717, 1.165) is 19.3 Å². The van der Waals surface area contributed by atoms with Crippen LogP contribution in [-0.4, -0.2) is 22.2 Å². The first kappa shape index (κ1) is 18.9. The van der Waals surface area contributed by atoms with Crippen LogP contribution < -0.4 is 0 Å². The minimum absolute atomic E-state index is 0.378. The van der Waals surface area contributed by atoms with Gasteiger partial charge in [-0.05, 0) is 12.8 Å². The van der Waals surface area contributed by atoms with Crippen LogP contribution in [0.1, 0.15) is 78.1 Å². The highest BCUT2D eigenvalue weighted by Gasteiger charge is 2.31. The molecule has 0 heterocycles. The quantitative estimate of drug-likeness (QED) is 0.494. The predicted molar refractivity (Wildman–Crippen MR) is 79.8 cm³/mol. The third-order valence-electron chi connectivity index (χ3n) is 3.93. The monoisotopic (exact) mass is 286 g/mol. The lowest BCUT2D eigenvalue weighted by Gasteiger charge is -2.18. The van der Waals surface area contributed by atoms with Gasteiger partial charge in [0.15, 0.2) is 0 Å². The molecule has 0 fully saturated rings. The van der Waals surface area contributed by atoms with Crippen LogP contribution in [0.5, 0.6) is 0 Å². The summed E-state index contributed by atoms with van der Waals surface area (Å²) in [5.41, 5.74) is 0. The molecule has 118 valence electrons. The Morgan fingerprint density at radius 2 is 1.20 bits per heavy atom. The van der Waals surface area contributed by atoms with Crippen molar-refractivity contribution in [3.05, 3.63) is 0 Å². The molecule has 2 unspecified atom stereocenters. The van der Waals surface area contributed by atoms with Crippen molar-refractivity contribution < 1.29 is 19.8 Å². The number of hydrogen-bond donors (Lipinski definition) is 2. The number of hydrogen-bond acceptors (Lipinski definition) is 2. The average Bonchev–Trinajstić information content (AvgIpc) is 2.39. The molecule has 0 radical (unpaired) electrons. The molecule has 0 aliphatic rings.